The molecular weight excluding hydrogens is 448 g/mol. The van der Waals surface area contributed by atoms with Gasteiger partial charge in [0.05, 0.1) is 22.8 Å². The number of hydrogen-bond donors (Lipinski definition) is 1. The van der Waals surface area contributed by atoms with Crippen molar-refractivity contribution in [1.29, 1.82) is 0 Å². The van der Waals surface area contributed by atoms with E-state index < -0.39 is 9.84 Å². The van der Waals surface area contributed by atoms with Gasteiger partial charge in [-0.3, -0.25) is 0 Å². The number of ether oxygens (including phenoxy) is 2. The molecule has 11 heteroatoms. The van der Waals surface area contributed by atoms with Gasteiger partial charge in [0.2, 0.25) is 5.88 Å². The van der Waals surface area contributed by atoms with Crippen molar-refractivity contribution in [2.24, 2.45) is 0 Å². The molecular formula is C22H28N4O6S. The van der Waals surface area contributed by atoms with E-state index in [1.807, 2.05) is 0 Å². The number of hydroxylamine groups is 1. The van der Waals surface area contributed by atoms with Crippen molar-refractivity contribution in [3.8, 4) is 11.8 Å². The van der Waals surface area contributed by atoms with Crippen molar-refractivity contribution in [1.82, 2.24) is 20.3 Å². The number of nitrogens with zero attached hydrogens (tertiary/aromatic N) is 3. The summed E-state index contributed by atoms with van der Waals surface area (Å²) in [7, 11) is -3.27. The number of aromatic nitrogens is 2. The zero-order valence-electron chi connectivity index (χ0n) is 18.9. The van der Waals surface area contributed by atoms with Gasteiger partial charge in [0.15, 0.2) is 9.84 Å². The monoisotopic (exact) mass is 476 g/mol. The summed E-state index contributed by atoms with van der Waals surface area (Å²) in [4.78, 5) is 27.7. The summed E-state index contributed by atoms with van der Waals surface area (Å²) in [5, 5.41) is 0. The van der Waals surface area contributed by atoms with Crippen LogP contribution < -0.4 is 15.1 Å². The molecule has 0 unspecified atom stereocenters. The number of nitrogens with one attached hydrogen (secondary N) is 1. The predicted molar refractivity (Wildman–Crippen MR) is 121 cm³/mol. The Bertz CT molecular complexity index is 1100. The molecule has 178 valence electrons. The van der Waals surface area contributed by atoms with Gasteiger partial charge in [0.1, 0.15) is 12.4 Å². The van der Waals surface area contributed by atoms with Crippen LogP contribution in [0.2, 0.25) is 0 Å². The summed E-state index contributed by atoms with van der Waals surface area (Å²) < 4.78 is 34.3. The predicted octanol–water partition coefficient (Wildman–Crippen LogP) is 2.74. The number of carbonyl (C=O) groups excluding carboxylic acids is 1. The molecule has 0 spiro atoms. The van der Waals surface area contributed by atoms with Crippen molar-refractivity contribution in [3.63, 3.8) is 0 Å². The molecule has 0 bridgehead atoms. The number of benzene rings is 1. The summed E-state index contributed by atoms with van der Waals surface area (Å²) >= 11 is 0. The fraction of sp³-hybridized carbons (Fsp3) is 0.409. The highest BCUT2D eigenvalue weighted by atomic mass is 32.2. The fourth-order valence-corrected chi connectivity index (χ4v) is 3.87. The molecule has 3 rings (SSSR count). The molecule has 1 fully saturated rings. The Balaban J connectivity index is 1.57. The topological polar surface area (TPSA) is 120 Å². The molecule has 0 atom stereocenters. The van der Waals surface area contributed by atoms with Crippen molar-refractivity contribution in [2.45, 2.75) is 37.7 Å². The molecule has 2 aromatic rings. The average Bonchev–Trinajstić information content (AvgIpc) is 2.79. The van der Waals surface area contributed by atoms with Gasteiger partial charge in [-0.15, -0.1) is 0 Å². The number of sulfone groups is 1. The normalized spacial score (nSPS) is 14.5. The van der Waals surface area contributed by atoms with Crippen molar-refractivity contribution in [2.75, 3.05) is 26.0 Å². The molecule has 0 saturated carbocycles. The van der Waals surface area contributed by atoms with Gasteiger partial charge in [-0.2, -0.15) is 4.98 Å². The summed E-state index contributed by atoms with van der Waals surface area (Å²) in [5.74, 6) is 0.678. The second kappa shape index (κ2) is 10.5. The molecule has 2 heterocycles. The van der Waals surface area contributed by atoms with E-state index in [9.17, 15) is 13.2 Å². The third-order valence-electron chi connectivity index (χ3n) is 5.14. The van der Waals surface area contributed by atoms with Gasteiger partial charge in [-0.05, 0) is 26.0 Å². The van der Waals surface area contributed by atoms with Gasteiger partial charge in [-0.25, -0.2) is 23.7 Å². The van der Waals surface area contributed by atoms with E-state index in [-0.39, 0.29) is 23.0 Å². The van der Waals surface area contributed by atoms with E-state index in [1.54, 1.807) is 30.9 Å². The standard InChI is InChI=1S/C22H28N4O6S/c1-5-30-22(27)26-12-10-18(11-13-26)31-20-15(2)21(24-14-23-20)32-25-16(3)17-6-8-19(9-7-17)33(4,28)29/h6-9,14,18,25H,3,5,10-13H2,1-2,4H3. The molecule has 0 aliphatic carbocycles. The zero-order chi connectivity index (χ0) is 24.0. The Labute approximate surface area is 193 Å². The Hall–Kier alpha value is -3.34. The first-order chi connectivity index (χ1) is 15.7. The summed E-state index contributed by atoms with van der Waals surface area (Å²) in [6, 6.07) is 6.29. The SMILES string of the molecule is C=C(NOc1ncnc(OC2CCN(C(=O)OCC)CC2)c1C)c1ccc(S(C)(=O)=O)cc1. The highest BCUT2D eigenvalue weighted by Crippen LogP contribution is 2.26. The molecule has 1 amide bonds. The summed E-state index contributed by atoms with van der Waals surface area (Å²) in [6.07, 6.45) is 3.43. The maximum atomic E-state index is 11.8. The van der Waals surface area contributed by atoms with Gasteiger partial charge >= 0.3 is 6.09 Å². The molecule has 1 N–H and O–H groups in total. The number of carbonyl (C=O) groups is 1. The Morgan fingerprint density at radius 3 is 2.42 bits per heavy atom. The van der Waals surface area contributed by atoms with Gasteiger partial charge in [-0.1, -0.05) is 18.7 Å². The minimum absolute atomic E-state index is 0.0894. The van der Waals surface area contributed by atoms with Crippen LogP contribution in [-0.2, 0) is 14.6 Å². The van der Waals surface area contributed by atoms with Crippen LogP contribution in [-0.4, -0.2) is 61.4 Å². The third kappa shape index (κ3) is 6.35. The number of hydrogen-bond acceptors (Lipinski definition) is 9. The molecule has 1 saturated heterocycles. The first-order valence-corrected chi connectivity index (χ1v) is 12.4. The number of amides is 1. The van der Waals surface area contributed by atoms with Crippen molar-refractivity contribution in [3.05, 3.63) is 48.3 Å². The van der Waals surface area contributed by atoms with E-state index in [0.29, 0.717) is 55.2 Å². The summed E-state index contributed by atoms with van der Waals surface area (Å²) in [5.41, 5.74) is 4.43. The molecule has 1 aromatic heterocycles. The van der Waals surface area contributed by atoms with Crippen LogP contribution in [0.4, 0.5) is 4.79 Å². The van der Waals surface area contributed by atoms with Crippen LogP contribution in [0.15, 0.2) is 42.1 Å². The number of piperidine rings is 1. The quantitative estimate of drug-likeness (QED) is 0.573. The van der Waals surface area contributed by atoms with E-state index in [4.69, 9.17) is 14.3 Å². The lowest BCUT2D eigenvalue weighted by Crippen LogP contribution is -2.42. The maximum Gasteiger partial charge on any atom is 0.409 e. The molecule has 1 aromatic carbocycles. The Morgan fingerprint density at radius 2 is 1.82 bits per heavy atom. The largest absolute Gasteiger partial charge is 0.474 e. The van der Waals surface area contributed by atoms with Gasteiger partial charge < -0.3 is 19.2 Å². The first-order valence-electron chi connectivity index (χ1n) is 10.5. The Morgan fingerprint density at radius 1 is 1.18 bits per heavy atom. The van der Waals surface area contributed by atoms with E-state index in [1.165, 1.54) is 18.5 Å². The molecule has 33 heavy (non-hydrogen) atoms. The van der Waals surface area contributed by atoms with Crippen LogP contribution in [0.1, 0.15) is 30.9 Å². The summed E-state index contributed by atoms with van der Waals surface area (Å²) in [6.45, 7) is 8.93. The van der Waals surface area contributed by atoms with Crippen LogP contribution in [0.3, 0.4) is 0 Å². The molecule has 10 nitrogen and oxygen atoms in total. The average molecular weight is 477 g/mol. The first kappa shape index (κ1) is 24.3. The minimum atomic E-state index is -3.27. The van der Waals surface area contributed by atoms with Crippen LogP contribution in [0.5, 0.6) is 11.8 Å². The van der Waals surface area contributed by atoms with Crippen LogP contribution >= 0.6 is 0 Å². The minimum Gasteiger partial charge on any atom is -0.474 e. The van der Waals surface area contributed by atoms with Crippen molar-refractivity contribution < 1.29 is 27.5 Å². The van der Waals surface area contributed by atoms with Gasteiger partial charge in [0, 0.05) is 37.8 Å². The fourth-order valence-electron chi connectivity index (χ4n) is 3.24. The van der Waals surface area contributed by atoms with Crippen LogP contribution in [0, 0.1) is 6.92 Å². The lowest BCUT2D eigenvalue weighted by molar-refractivity contribution is 0.0682. The highest BCUT2D eigenvalue weighted by molar-refractivity contribution is 7.90. The Kier molecular flexibility index (Phi) is 7.75. The molecule has 0 radical (unpaired) electrons. The van der Waals surface area contributed by atoms with Crippen LogP contribution in [0.25, 0.3) is 5.70 Å². The smallest absolute Gasteiger partial charge is 0.409 e. The third-order valence-corrected chi connectivity index (χ3v) is 6.27. The molecule has 1 aliphatic heterocycles. The van der Waals surface area contributed by atoms with E-state index >= 15 is 0 Å². The van der Waals surface area contributed by atoms with E-state index in [2.05, 4.69) is 22.0 Å². The molecule has 1 aliphatic rings. The lowest BCUT2D eigenvalue weighted by Gasteiger charge is -2.31. The number of likely N-dealkylation sites (tertiary alicyclic amines) is 1. The zero-order valence-corrected chi connectivity index (χ0v) is 19.7. The lowest BCUT2D eigenvalue weighted by atomic mass is 10.1. The van der Waals surface area contributed by atoms with Crippen molar-refractivity contribution >= 4 is 21.6 Å². The second-order valence-corrected chi connectivity index (χ2v) is 9.61. The van der Waals surface area contributed by atoms with Gasteiger partial charge in [0.25, 0.3) is 5.88 Å². The number of rotatable bonds is 8. The second-order valence-electron chi connectivity index (χ2n) is 7.59. The maximum absolute atomic E-state index is 11.8. The highest BCUT2D eigenvalue weighted by Gasteiger charge is 2.26. The van der Waals surface area contributed by atoms with E-state index in [0.717, 1.165) is 6.26 Å².